The molecule has 1 aromatic heterocycles. The van der Waals surface area contributed by atoms with Crippen molar-refractivity contribution in [3.63, 3.8) is 0 Å². The molecule has 9 heteroatoms. The first kappa shape index (κ1) is 21.5. The highest BCUT2D eigenvalue weighted by atomic mass is 79.9. The van der Waals surface area contributed by atoms with E-state index >= 15 is 0 Å². The Kier molecular flexibility index (Phi) is 5.85. The number of carbonyl (C=O) groups is 2. The molecular formula is C18H28BrN3O5. The summed E-state index contributed by atoms with van der Waals surface area (Å²) in [4.78, 5) is 29.1. The van der Waals surface area contributed by atoms with Gasteiger partial charge >= 0.3 is 6.09 Å². The Labute approximate surface area is 168 Å². The zero-order chi connectivity index (χ0) is 20.7. The molecule has 2 heterocycles. The number of hydrogen-bond acceptors (Lipinski definition) is 6. The smallest absolute Gasteiger partial charge is 0.412 e. The van der Waals surface area contributed by atoms with Crippen molar-refractivity contribution in [3.8, 4) is 5.88 Å². The third-order valence-electron chi connectivity index (χ3n) is 4.22. The average Bonchev–Trinajstić information content (AvgIpc) is 2.98. The average molecular weight is 446 g/mol. The van der Waals surface area contributed by atoms with E-state index in [4.69, 9.17) is 14.0 Å². The molecule has 152 valence electrons. The van der Waals surface area contributed by atoms with Crippen LogP contribution in [0.15, 0.2) is 9.00 Å². The van der Waals surface area contributed by atoms with E-state index in [0.29, 0.717) is 16.1 Å². The number of rotatable bonds is 3. The summed E-state index contributed by atoms with van der Waals surface area (Å²) in [6.07, 6.45) is -0.826. The van der Waals surface area contributed by atoms with E-state index in [1.807, 2.05) is 20.8 Å². The van der Waals surface area contributed by atoms with Crippen LogP contribution in [0, 0.1) is 5.41 Å². The molecule has 2 amide bonds. The molecule has 8 nitrogen and oxygen atoms in total. The monoisotopic (exact) mass is 445 g/mol. The van der Waals surface area contributed by atoms with E-state index in [-0.39, 0.29) is 17.7 Å². The molecule has 2 atom stereocenters. The molecule has 1 fully saturated rings. The Hall–Kier alpha value is -1.77. The van der Waals surface area contributed by atoms with Crippen LogP contribution in [0.3, 0.4) is 0 Å². The molecule has 0 aromatic carbocycles. The van der Waals surface area contributed by atoms with Crippen LogP contribution in [-0.4, -0.2) is 58.9 Å². The van der Waals surface area contributed by atoms with E-state index in [0.717, 1.165) is 0 Å². The largest absolute Gasteiger partial charge is 0.478 e. The normalized spacial score (nSPS) is 21.0. The molecule has 0 unspecified atom stereocenters. The van der Waals surface area contributed by atoms with Crippen molar-refractivity contribution in [2.24, 2.45) is 5.41 Å². The number of likely N-dealkylation sites (N-methyl/N-ethyl adjacent to an activating group) is 1. The molecule has 0 saturated carbocycles. The number of carbonyl (C=O) groups excluding carboxylic acids is 2. The van der Waals surface area contributed by atoms with Crippen molar-refractivity contribution in [1.29, 1.82) is 0 Å². The molecule has 0 aliphatic carbocycles. The van der Waals surface area contributed by atoms with Crippen LogP contribution < -0.4 is 4.74 Å². The third kappa shape index (κ3) is 4.39. The molecule has 27 heavy (non-hydrogen) atoms. The van der Waals surface area contributed by atoms with Crippen LogP contribution in [0.25, 0.3) is 0 Å². The van der Waals surface area contributed by atoms with E-state index in [1.165, 1.54) is 12.0 Å². The van der Waals surface area contributed by atoms with Crippen LogP contribution >= 0.6 is 15.9 Å². The Balaban J connectivity index is 2.43. The second kappa shape index (κ2) is 7.33. The van der Waals surface area contributed by atoms with E-state index in [2.05, 4.69) is 21.1 Å². The van der Waals surface area contributed by atoms with Crippen LogP contribution in [-0.2, 0) is 16.0 Å². The van der Waals surface area contributed by atoms with E-state index in [1.54, 1.807) is 32.7 Å². The first-order valence-electron chi connectivity index (χ1n) is 8.74. The summed E-state index contributed by atoms with van der Waals surface area (Å²) in [5.74, 6) is 0.546. The highest BCUT2D eigenvalue weighted by Gasteiger charge is 2.53. The van der Waals surface area contributed by atoms with Gasteiger partial charge in [-0.25, -0.2) is 4.79 Å². The quantitative estimate of drug-likeness (QED) is 0.707. The zero-order valence-corrected chi connectivity index (χ0v) is 18.7. The molecule has 2 rings (SSSR count). The maximum Gasteiger partial charge on any atom is 0.412 e. The highest BCUT2D eigenvalue weighted by Crippen LogP contribution is 2.37. The summed E-state index contributed by atoms with van der Waals surface area (Å²) in [7, 11) is 3.18. The number of amides is 2. The van der Waals surface area contributed by atoms with Gasteiger partial charge in [-0.05, 0) is 41.9 Å². The summed E-state index contributed by atoms with van der Waals surface area (Å²) in [5, 5.41) is 3.81. The Bertz CT molecular complexity index is 720. The minimum atomic E-state index is -0.761. The van der Waals surface area contributed by atoms with Gasteiger partial charge in [-0.15, -0.1) is 0 Å². The summed E-state index contributed by atoms with van der Waals surface area (Å²) in [6, 6.07) is -0.761. The van der Waals surface area contributed by atoms with Gasteiger partial charge in [0.1, 0.15) is 22.3 Å². The fourth-order valence-electron chi connectivity index (χ4n) is 3.28. The van der Waals surface area contributed by atoms with Crippen molar-refractivity contribution in [1.82, 2.24) is 15.0 Å². The number of aromatic nitrogens is 1. The van der Waals surface area contributed by atoms with Crippen molar-refractivity contribution >= 4 is 27.9 Å². The van der Waals surface area contributed by atoms with E-state index < -0.39 is 23.9 Å². The van der Waals surface area contributed by atoms with Crippen LogP contribution in [0.4, 0.5) is 4.79 Å². The molecular weight excluding hydrogens is 418 g/mol. The van der Waals surface area contributed by atoms with Gasteiger partial charge in [0.05, 0.1) is 7.11 Å². The van der Waals surface area contributed by atoms with Crippen LogP contribution in [0.1, 0.15) is 47.3 Å². The molecule has 0 N–H and O–H groups in total. The van der Waals surface area contributed by atoms with Gasteiger partial charge in [0, 0.05) is 18.9 Å². The van der Waals surface area contributed by atoms with Crippen molar-refractivity contribution < 1.29 is 23.6 Å². The van der Waals surface area contributed by atoms with Crippen LogP contribution in [0.2, 0.25) is 0 Å². The Morgan fingerprint density at radius 1 is 1.26 bits per heavy atom. The van der Waals surface area contributed by atoms with Crippen molar-refractivity contribution in [2.45, 2.75) is 65.8 Å². The number of hydrogen-bond donors (Lipinski definition) is 0. The second-order valence-corrected chi connectivity index (χ2v) is 9.52. The van der Waals surface area contributed by atoms with E-state index in [9.17, 15) is 9.59 Å². The SMILES string of the molecule is COc1noc(C[C@@H]2C(=O)N(C)[C@@H](C(C)(C)C)N2C(=O)OC(C)(C)C)c1Br. The lowest BCUT2D eigenvalue weighted by molar-refractivity contribution is -0.129. The molecule has 1 aromatic rings. The molecule has 1 aliphatic rings. The predicted octanol–water partition coefficient (Wildman–Crippen LogP) is 3.44. The van der Waals surface area contributed by atoms with Gasteiger partial charge in [-0.2, -0.15) is 0 Å². The Morgan fingerprint density at radius 3 is 2.30 bits per heavy atom. The molecule has 0 spiro atoms. The van der Waals surface area contributed by atoms with Gasteiger partial charge in [0.15, 0.2) is 5.76 Å². The molecule has 0 bridgehead atoms. The number of nitrogens with zero attached hydrogens (tertiary/aromatic N) is 3. The number of methoxy groups -OCH3 is 1. The maximum absolute atomic E-state index is 13.0. The molecule has 1 aliphatic heterocycles. The van der Waals surface area contributed by atoms with Gasteiger partial charge < -0.3 is 18.9 Å². The number of halogens is 1. The fourth-order valence-corrected chi connectivity index (χ4v) is 3.75. The van der Waals surface area contributed by atoms with Gasteiger partial charge in [-0.1, -0.05) is 20.8 Å². The van der Waals surface area contributed by atoms with Gasteiger partial charge in [0.2, 0.25) is 5.91 Å². The topological polar surface area (TPSA) is 85.1 Å². The highest BCUT2D eigenvalue weighted by molar-refractivity contribution is 9.10. The third-order valence-corrected chi connectivity index (χ3v) is 5.00. The first-order valence-corrected chi connectivity index (χ1v) is 9.53. The summed E-state index contributed by atoms with van der Waals surface area (Å²) in [6.45, 7) is 11.3. The summed E-state index contributed by atoms with van der Waals surface area (Å²) < 4.78 is 16.5. The molecule has 1 saturated heterocycles. The number of ether oxygens (including phenoxy) is 2. The van der Waals surface area contributed by atoms with Crippen molar-refractivity contribution in [3.05, 3.63) is 10.2 Å². The summed E-state index contributed by atoms with van der Waals surface area (Å²) >= 11 is 3.37. The van der Waals surface area contributed by atoms with Gasteiger partial charge in [0.25, 0.3) is 5.88 Å². The maximum atomic E-state index is 13.0. The lowest BCUT2D eigenvalue weighted by Crippen LogP contribution is -2.52. The fraction of sp³-hybridized carbons (Fsp3) is 0.722. The summed E-state index contributed by atoms with van der Waals surface area (Å²) in [5.41, 5.74) is -1.04. The Morgan fingerprint density at radius 2 is 1.85 bits per heavy atom. The zero-order valence-electron chi connectivity index (χ0n) is 17.1. The molecule has 0 radical (unpaired) electrons. The lowest BCUT2D eigenvalue weighted by atomic mass is 9.91. The van der Waals surface area contributed by atoms with Crippen molar-refractivity contribution in [2.75, 3.05) is 14.2 Å². The predicted molar refractivity (Wildman–Crippen MR) is 102 cm³/mol. The van der Waals surface area contributed by atoms with Gasteiger partial charge in [-0.3, -0.25) is 9.69 Å². The minimum absolute atomic E-state index is 0.159. The lowest BCUT2D eigenvalue weighted by Gasteiger charge is -2.39. The second-order valence-electron chi connectivity index (χ2n) is 8.73. The minimum Gasteiger partial charge on any atom is -0.478 e. The first-order chi connectivity index (χ1) is 12.3. The van der Waals surface area contributed by atoms with Crippen LogP contribution in [0.5, 0.6) is 5.88 Å². The standard InChI is InChI=1S/C18H28BrN3O5/c1-17(2,3)15-21(7)14(23)10(22(15)16(24)26-18(4,5)6)9-11-12(19)13(25-8)20-27-11/h10,15H,9H2,1-8H3/t10-,15-/m1/s1.